The number of benzene rings is 1. The van der Waals surface area contributed by atoms with Crippen molar-refractivity contribution in [3.8, 4) is 5.69 Å². The molecule has 4 rings (SSSR count). The van der Waals surface area contributed by atoms with Gasteiger partial charge in [0.2, 0.25) is 0 Å². The van der Waals surface area contributed by atoms with Gasteiger partial charge in [-0.1, -0.05) is 25.1 Å². The van der Waals surface area contributed by atoms with E-state index in [0.717, 1.165) is 29.1 Å². The Labute approximate surface area is 129 Å². The van der Waals surface area contributed by atoms with Crippen molar-refractivity contribution < 1.29 is 0 Å². The molecule has 5 nitrogen and oxygen atoms in total. The maximum atomic E-state index is 4.54. The van der Waals surface area contributed by atoms with Gasteiger partial charge in [-0.15, -0.1) is 0 Å². The third-order valence-corrected chi connectivity index (χ3v) is 4.76. The minimum atomic E-state index is 0.498. The molecule has 3 aromatic rings. The first-order chi connectivity index (χ1) is 10.8. The topological polar surface area (TPSA) is 46.8 Å². The summed E-state index contributed by atoms with van der Waals surface area (Å²) in [6, 6.07) is 10.6. The number of para-hydroxylation sites is 1. The van der Waals surface area contributed by atoms with Crippen molar-refractivity contribution >= 4 is 16.9 Å². The first kappa shape index (κ1) is 13.2. The Morgan fingerprint density at radius 3 is 2.64 bits per heavy atom. The molecule has 112 valence electrons. The zero-order chi connectivity index (χ0) is 15.1. The van der Waals surface area contributed by atoms with Crippen LogP contribution in [-0.4, -0.2) is 32.3 Å². The lowest BCUT2D eigenvalue weighted by molar-refractivity contribution is 0.545. The minimum absolute atomic E-state index is 0.498. The Morgan fingerprint density at radius 2 is 1.91 bits per heavy atom. The van der Waals surface area contributed by atoms with E-state index in [1.54, 1.807) is 6.33 Å². The fourth-order valence-electron chi connectivity index (χ4n) is 3.21. The molecule has 2 aromatic heterocycles. The lowest BCUT2D eigenvalue weighted by Crippen LogP contribution is -2.30. The highest BCUT2D eigenvalue weighted by molar-refractivity contribution is 5.87. The summed E-state index contributed by atoms with van der Waals surface area (Å²) in [5.41, 5.74) is 1.88. The smallest absolute Gasteiger partial charge is 0.168 e. The fourth-order valence-corrected chi connectivity index (χ4v) is 3.21. The van der Waals surface area contributed by atoms with Crippen molar-refractivity contribution in [2.75, 3.05) is 11.4 Å². The molecule has 1 aliphatic rings. The van der Waals surface area contributed by atoms with E-state index in [1.807, 2.05) is 41.2 Å². The van der Waals surface area contributed by atoms with Crippen LogP contribution in [-0.2, 0) is 0 Å². The quantitative estimate of drug-likeness (QED) is 0.728. The molecular formula is C17H19N5. The summed E-state index contributed by atoms with van der Waals surface area (Å²) in [7, 11) is 0. The van der Waals surface area contributed by atoms with E-state index in [1.165, 1.54) is 6.42 Å². The lowest BCUT2D eigenvalue weighted by atomic mass is 10.1. The molecule has 1 aliphatic heterocycles. The molecular weight excluding hydrogens is 274 g/mol. The van der Waals surface area contributed by atoms with Crippen molar-refractivity contribution in [3.05, 3.63) is 42.9 Å². The van der Waals surface area contributed by atoms with E-state index in [0.29, 0.717) is 12.0 Å². The SMILES string of the molecule is CC1CCN(c2ncnc3c2cnn3-c2ccccc2)C1C. The van der Waals surface area contributed by atoms with E-state index in [9.17, 15) is 0 Å². The summed E-state index contributed by atoms with van der Waals surface area (Å²) < 4.78 is 1.88. The third kappa shape index (κ3) is 1.96. The van der Waals surface area contributed by atoms with Crippen LogP contribution in [0.3, 0.4) is 0 Å². The van der Waals surface area contributed by atoms with Crippen LogP contribution in [0.15, 0.2) is 42.9 Å². The van der Waals surface area contributed by atoms with Gasteiger partial charge in [-0.2, -0.15) is 5.10 Å². The number of hydrogen-bond acceptors (Lipinski definition) is 4. The minimum Gasteiger partial charge on any atom is -0.353 e. The summed E-state index contributed by atoms with van der Waals surface area (Å²) >= 11 is 0. The van der Waals surface area contributed by atoms with Gasteiger partial charge in [-0.05, 0) is 31.4 Å². The Bertz CT molecular complexity index is 795. The molecule has 3 heterocycles. The van der Waals surface area contributed by atoms with Crippen molar-refractivity contribution in [1.29, 1.82) is 0 Å². The van der Waals surface area contributed by atoms with E-state index in [2.05, 4.69) is 33.8 Å². The first-order valence-corrected chi connectivity index (χ1v) is 7.76. The second-order valence-electron chi connectivity index (χ2n) is 6.03. The highest BCUT2D eigenvalue weighted by Gasteiger charge is 2.30. The molecule has 0 radical (unpaired) electrons. The van der Waals surface area contributed by atoms with E-state index in [4.69, 9.17) is 0 Å². The zero-order valence-corrected chi connectivity index (χ0v) is 12.8. The van der Waals surface area contributed by atoms with Crippen molar-refractivity contribution in [3.63, 3.8) is 0 Å². The van der Waals surface area contributed by atoms with Gasteiger partial charge in [0.05, 0.1) is 17.3 Å². The highest BCUT2D eigenvalue weighted by Crippen LogP contribution is 2.32. The maximum absolute atomic E-state index is 4.54. The standard InChI is InChI=1S/C17H19N5/c1-12-8-9-21(13(12)2)16-15-10-20-22(17(15)19-11-18-16)14-6-4-3-5-7-14/h3-7,10-13H,8-9H2,1-2H3. The second kappa shape index (κ2) is 5.09. The summed E-state index contributed by atoms with van der Waals surface area (Å²) in [5.74, 6) is 1.69. The van der Waals surface area contributed by atoms with Crippen LogP contribution in [0.25, 0.3) is 16.7 Å². The normalized spacial score (nSPS) is 21.6. The molecule has 5 heteroatoms. The molecule has 0 bridgehead atoms. The fraction of sp³-hybridized carbons (Fsp3) is 0.353. The molecule has 2 unspecified atom stereocenters. The van der Waals surface area contributed by atoms with Gasteiger partial charge >= 0.3 is 0 Å². The van der Waals surface area contributed by atoms with Crippen molar-refractivity contribution in [2.45, 2.75) is 26.3 Å². The van der Waals surface area contributed by atoms with Crippen LogP contribution in [0.4, 0.5) is 5.82 Å². The monoisotopic (exact) mass is 293 g/mol. The van der Waals surface area contributed by atoms with Crippen LogP contribution >= 0.6 is 0 Å². The molecule has 0 N–H and O–H groups in total. The largest absolute Gasteiger partial charge is 0.353 e. The summed E-state index contributed by atoms with van der Waals surface area (Å²) in [5, 5.41) is 5.55. The molecule has 0 amide bonds. The number of nitrogens with zero attached hydrogens (tertiary/aromatic N) is 5. The Hall–Kier alpha value is -2.43. The van der Waals surface area contributed by atoms with Gasteiger partial charge in [-0.3, -0.25) is 0 Å². The van der Waals surface area contributed by atoms with Gasteiger partial charge in [0, 0.05) is 12.6 Å². The molecule has 1 aromatic carbocycles. The van der Waals surface area contributed by atoms with Crippen LogP contribution in [0.1, 0.15) is 20.3 Å². The summed E-state index contributed by atoms with van der Waals surface area (Å²) in [4.78, 5) is 11.4. The summed E-state index contributed by atoms with van der Waals surface area (Å²) in [6.45, 7) is 5.62. The zero-order valence-electron chi connectivity index (χ0n) is 12.8. The second-order valence-corrected chi connectivity index (χ2v) is 6.03. The summed E-state index contributed by atoms with van der Waals surface area (Å²) in [6.07, 6.45) is 4.74. The maximum Gasteiger partial charge on any atom is 0.168 e. The van der Waals surface area contributed by atoms with Gasteiger partial charge in [-0.25, -0.2) is 14.6 Å². The van der Waals surface area contributed by atoms with Crippen LogP contribution < -0.4 is 4.90 Å². The number of aromatic nitrogens is 4. The van der Waals surface area contributed by atoms with Gasteiger partial charge in [0.15, 0.2) is 5.65 Å². The van der Waals surface area contributed by atoms with Crippen LogP contribution in [0.5, 0.6) is 0 Å². The van der Waals surface area contributed by atoms with E-state index < -0.39 is 0 Å². The predicted molar refractivity (Wildman–Crippen MR) is 87.2 cm³/mol. The molecule has 2 atom stereocenters. The number of rotatable bonds is 2. The molecule has 22 heavy (non-hydrogen) atoms. The lowest BCUT2D eigenvalue weighted by Gasteiger charge is -2.24. The van der Waals surface area contributed by atoms with Crippen molar-refractivity contribution in [1.82, 2.24) is 19.7 Å². The average molecular weight is 293 g/mol. The Morgan fingerprint density at radius 1 is 1.09 bits per heavy atom. The first-order valence-electron chi connectivity index (χ1n) is 7.76. The highest BCUT2D eigenvalue weighted by atomic mass is 15.3. The number of fused-ring (bicyclic) bond motifs is 1. The third-order valence-electron chi connectivity index (χ3n) is 4.76. The molecule has 0 spiro atoms. The van der Waals surface area contributed by atoms with Gasteiger partial charge in [0.1, 0.15) is 12.1 Å². The van der Waals surface area contributed by atoms with E-state index >= 15 is 0 Å². The van der Waals surface area contributed by atoms with Crippen LogP contribution in [0, 0.1) is 5.92 Å². The Balaban J connectivity index is 1.84. The molecule has 0 aliphatic carbocycles. The van der Waals surface area contributed by atoms with Crippen LogP contribution in [0.2, 0.25) is 0 Å². The molecule has 0 saturated carbocycles. The molecule has 1 saturated heterocycles. The number of hydrogen-bond donors (Lipinski definition) is 0. The van der Waals surface area contributed by atoms with Gasteiger partial charge < -0.3 is 4.90 Å². The predicted octanol–water partition coefficient (Wildman–Crippen LogP) is 3.05. The van der Waals surface area contributed by atoms with E-state index in [-0.39, 0.29) is 0 Å². The molecule has 1 fully saturated rings. The number of anilines is 1. The van der Waals surface area contributed by atoms with Crippen molar-refractivity contribution in [2.24, 2.45) is 5.92 Å². The van der Waals surface area contributed by atoms with Gasteiger partial charge in [0.25, 0.3) is 0 Å². The Kier molecular flexibility index (Phi) is 3.06. The average Bonchev–Trinajstić information content (AvgIpc) is 3.13.